The van der Waals surface area contributed by atoms with Gasteiger partial charge >= 0.3 is 0 Å². The van der Waals surface area contributed by atoms with E-state index >= 15 is 0 Å². The monoisotopic (exact) mass is 255 g/mol. The second-order valence-corrected chi connectivity index (χ2v) is 5.24. The third-order valence-electron chi connectivity index (χ3n) is 3.73. The molecule has 100 valence electrons. The third-order valence-corrected chi connectivity index (χ3v) is 3.73. The van der Waals surface area contributed by atoms with Crippen molar-refractivity contribution in [1.29, 1.82) is 0 Å². The molecular formula is C16H21N3. The molecule has 0 bridgehead atoms. The quantitative estimate of drug-likeness (QED) is 0.909. The second kappa shape index (κ2) is 5.47. The predicted molar refractivity (Wildman–Crippen MR) is 78.6 cm³/mol. The van der Waals surface area contributed by atoms with Crippen molar-refractivity contribution in [3.05, 3.63) is 47.3 Å². The maximum absolute atomic E-state index is 4.39. The van der Waals surface area contributed by atoms with Crippen LogP contribution < -0.4 is 5.32 Å². The first-order valence-corrected chi connectivity index (χ1v) is 7.23. The summed E-state index contributed by atoms with van der Waals surface area (Å²) in [7, 11) is 0. The second-order valence-electron chi connectivity index (χ2n) is 5.24. The van der Waals surface area contributed by atoms with Crippen LogP contribution in [-0.4, -0.2) is 16.3 Å². The molecule has 3 rings (SSSR count). The Morgan fingerprint density at radius 3 is 3.16 bits per heavy atom. The van der Waals surface area contributed by atoms with Crippen LogP contribution >= 0.6 is 0 Å². The molecule has 0 saturated heterocycles. The lowest BCUT2D eigenvalue weighted by atomic mass is 9.99. The molecule has 1 aliphatic rings. The number of hydrogen-bond acceptors (Lipinski definition) is 2. The minimum Gasteiger partial charge on any atom is -0.385 e. The Labute approximate surface area is 114 Å². The number of nitrogens with zero attached hydrogens (tertiary/aromatic N) is 2. The van der Waals surface area contributed by atoms with Crippen molar-refractivity contribution in [2.45, 2.75) is 39.2 Å². The predicted octanol–water partition coefficient (Wildman–Crippen LogP) is 3.24. The van der Waals surface area contributed by atoms with Gasteiger partial charge in [-0.1, -0.05) is 19.1 Å². The average Bonchev–Trinajstić information content (AvgIpc) is 2.86. The van der Waals surface area contributed by atoms with Gasteiger partial charge in [0, 0.05) is 37.1 Å². The van der Waals surface area contributed by atoms with E-state index in [0.29, 0.717) is 0 Å². The first kappa shape index (κ1) is 12.3. The molecule has 19 heavy (non-hydrogen) atoms. The molecule has 1 N–H and O–H groups in total. The van der Waals surface area contributed by atoms with Crippen molar-refractivity contribution in [1.82, 2.24) is 9.78 Å². The normalized spacial score (nSPS) is 13.9. The molecule has 0 saturated carbocycles. The highest BCUT2D eigenvalue weighted by Crippen LogP contribution is 2.24. The van der Waals surface area contributed by atoms with Gasteiger partial charge in [-0.25, -0.2) is 0 Å². The van der Waals surface area contributed by atoms with E-state index in [0.717, 1.165) is 25.9 Å². The molecule has 3 nitrogen and oxygen atoms in total. The zero-order chi connectivity index (χ0) is 13.1. The van der Waals surface area contributed by atoms with Gasteiger partial charge in [0.15, 0.2) is 0 Å². The van der Waals surface area contributed by atoms with Crippen LogP contribution in [0.5, 0.6) is 0 Å². The first-order chi connectivity index (χ1) is 9.36. The topological polar surface area (TPSA) is 29.9 Å². The zero-order valence-corrected chi connectivity index (χ0v) is 11.5. The van der Waals surface area contributed by atoms with Gasteiger partial charge in [-0.3, -0.25) is 4.68 Å². The van der Waals surface area contributed by atoms with E-state index in [4.69, 9.17) is 0 Å². The average molecular weight is 255 g/mol. The fraction of sp³-hybridized carbons (Fsp3) is 0.438. The van der Waals surface area contributed by atoms with Crippen LogP contribution in [0.2, 0.25) is 0 Å². The van der Waals surface area contributed by atoms with Crippen molar-refractivity contribution in [3.8, 4) is 0 Å². The molecule has 0 unspecified atom stereocenters. The van der Waals surface area contributed by atoms with E-state index in [1.54, 1.807) is 0 Å². The summed E-state index contributed by atoms with van der Waals surface area (Å²) in [5.41, 5.74) is 5.48. The zero-order valence-electron chi connectivity index (χ0n) is 11.5. The number of aromatic nitrogens is 2. The molecule has 1 aliphatic heterocycles. The lowest BCUT2D eigenvalue weighted by Crippen LogP contribution is -2.12. The summed E-state index contributed by atoms with van der Waals surface area (Å²) < 4.78 is 2.12. The fourth-order valence-corrected chi connectivity index (χ4v) is 2.77. The SMILES string of the molecule is CCCn1nccc1Cc1ccc2c(c1)CCCN2. The summed E-state index contributed by atoms with van der Waals surface area (Å²) in [6.07, 6.45) is 6.45. The third kappa shape index (κ3) is 2.65. The standard InChI is InChI=1S/C16H21N3/c1-2-10-19-15(7-9-18-19)12-13-5-6-16-14(11-13)4-3-8-17-16/h5-7,9,11,17H,2-4,8,10,12H2,1H3. The van der Waals surface area contributed by atoms with Crippen molar-refractivity contribution in [3.63, 3.8) is 0 Å². The van der Waals surface area contributed by atoms with Gasteiger partial charge in [0.25, 0.3) is 0 Å². The van der Waals surface area contributed by atoms with Gasteiger partial charge in [-0.05, 0) is 42.5 Å². The smallest absolute Gasteiger partial charge is 0.0492 e. The molecular weight excluding hydrogens is 234 g/mol. The van der Waals surface area contributed by atoms with Crippen molar-refractivity contribution >= 4 is 5.69 Å². The molecule has 0 atom stereocenters. The number of rotatable bonds is 4. The molecule has 0 spiro atoms. The molecule has 3 heteroatoms. The van der Waals surface area contributed by atoms with Gasteiger partial charge in [0.2, 0.25) is 0 Å². The lowest BCUT2D eigenvalue weighted by Gasteiger charge is -2.18. The maximum atomic E-state index is 4.39. The highest BCUT2D eigenvalue weighted by atomic mass is 15.3. The molecule has 0 aliphatic carbocycles. The number of nitrogens with one attached hydrogen (secondary N) is 1. The number of anilines is 1. The number of fused-ring (bicyclic) bond motifs is 1. The fourth-order valence-electron chi connectivity index (χ4n) is 2.77. The summed E-state index contributed by atoms with van der Waals surface area (Å²) in [5, 5.41) is 7.86. The highest BCUT2D eigenvalue weighted by molar-refractivity contribution is 5.54. The molecule has 2 aromatic rings. The Bertz CT molecular complexity index is 557. The Kier molecular flexibility index (Phi) is 3.53. The largest absolute Gasteiger partial charge is 0.385 e. The van der Waals surface area contributed by atoms with E-state index in [1.165, 1.54) is 35.3 Å². The van der Waals surface area contributed by atoms with E-state index < -0.39 is 0 Å². The van der Waals surface area contributed by atoms with Crippen molar-refractivity contribution in [2.24, 2.45) is 0 Å². The minimum absolute atomic E-state index is 0.979. The molecule has 2 heterocycles. The Morgan fingerprint density at radius 2 is 2.26 bits per heavy atom. The summed E-state index contributed by atoms with van der Waals surface area (Å²) in [6.45, 7) is 4.31. The molecule has 1 aromatic heterocycles. The molecule has 1 aromatic carbocycles. The van der Waals surface area contributed by atoms with Crippen molar-refractivity contribution in [2.75, 3.05) is 11.9 Å². The lowest BCUT2D eigenvalue weighted by molar-refractivity contribution is 0.580. The minimum atomic E-state index is 0.979. The maximum Gasteiger partial charge on any atom is 0.0492 e. The van der Waals surface area contributed by atoms with Gasteiger partial charge in [-0.15, -0.1) is 0 Å². The Morgan fingerprint density at radius 1 is 1.32 bits per heavy atom. The number of benzene rings is 1. The summed E-state index contributed by atoms with van der Waals surface area (Å²) >= 11 is 0. The number of aryl methyl sites for hydroxylation is 2. The van der Waals surface area contributed by atoms with Crippen LogP contribution in [0, 0.1) is 0 Å². The van der Waals surface area contributed by atoms with E-state index in [2.05, 4.69) is 46.3 Å². The van der Waals surface area contributed by atoms with Gasteiger partial charge < -0.3 is 5.32 Å². The van der Waals surface area contributed by atoms with E-state index in [1.807, 2.05) is 6.20 Å². The summed E-state index contributed by atoms with van der Waals surface area (Å²) in [5.74, 6) is 0. The van der Waals surface area contributed by atoms with Gasteiger partial charge in [-0.2, -0.15) is 5.10 Å². The molecule has 0 amide bonds. The van der Waals surface area contributed by atoms with Crippen molar-refractivity contribution < 1.29 is 0 Å². The molecule has 0 fully saturated rings. The van der Waals surface area contributed by atoms with Crippen LogP contribution in [0.3, 0.4) is 0 Å². The van der Waals surface area contributed by atoms with Crippen LogP contribution in [0.1, 0.15) is 36.6 Å². The number of hydrogen-bond donors (Lipinski definition) is 1. The van der Waals surface area contributed by atoms with Crippen LogP contribution in [0.4, 0.5) is 5.69 Å². The van der Waals surface area contributed by atoms with Gasteiger partial charge in [0.05, 0.1) is 0 Å². The van der Waals surface area contributed by atoms with E-state index in [9.17, 15) is 0 Å². The van der Waals surface area contributed by atoms with Crippen LogP contribution in [-0.2, 0) is 19.4 Å². The van der Waals surface area contributed by atoms with Crippen LogP contribution in [0.25, 0.3) is 0 Å². The first-order valence-electron chi connectivity index (χ1n) is 7.23. The Hall–Kier alpha value is -1.77. The molecule has 0 radical (unpaired) electrons. The Balaban J connectivity index is 1.81. The highest BCUT2D eigenvalue weighted by Gasteiger charge is 2.10. The summed E-state index contributed by atoms with van der Waals surface area (Å²) in [4.78, 5) is 0. The van der Waals surface area contributed by atoms with Crippen LogP contribution in [0.15, 0.2) is 30.5 Å². The van der Waals surface area contributed by atoms with E-state index in [-0.39, 0.29) is 0 Å². The summed E-state index contributed by atoms with van der Waals surface area (Å²) in [6, 6.07) is 8.95. The van der Waals surface area contributed by atoms with Gasteiger partial charge in [0.1, 0.15) is 0 Å².